The van der Waals surface area contributed by atoms with Crippen LogP contribution in [0.15, 0.2) is 18.5 Å². The van der Waals surface area contributed by atoms with Crippen LogP contribution in [0, 0.1) is 5.82 Å². The van der Waals surface area contributed by atoms with Crippen molar-refractivity contribution >= 4 is 17.6 Å². The maximum Gasteiger partial charge on any atom is 0.319 e. The molecule has 0 aliphatic carbocycles. The highest BCUT2D eigenvalue weighted by molar-refractivity contribution is 5.94. The van der Waals surface area contributed by atoms with Crippen LogP contribution in [0.2, 0.25) is 0 Å². The molecule has 0 aromatic carbocycles. The van der Waals surface area contributed by atoms with Gasteiger partial charge in [-0.15, -0.1) is 0 Å². The Labute approximate surface area is 116 Å². The molecule has 1 aromatic rings. The standard InChI is InChI=1S/C13H17FN4O2/c1-8(2)18-6-4-11(12(18)19)17-13(20)16-10-3-5-15-7-9(10)14/h3,5,7-8,11H,4,6H2,1-2H3,(H2,15,16,17,20)/t11-/m1/s1. The second kappa shape index (κ2) is 5.85. The molecule has 1 atom stereocenters. The van der Waals surface area contributed by atoms with Crippen LogP contribution >= 0.6 is 0 Å². The van der Waals surface area contributed by atoms with Crippen molar-refractivity contribution in [1.82, 2.24) is 15.2 Å². The molecule has 3 amide bonds. The topological polar surface area (TPSA) is 74.3 Å². The lowest BCUT2D eigenvalue weighted by Crippen LogP contribution is -2.44. The van der Waals surface area contributed by atoms with Gasteiger partial charge in [-0.05, 0) is 26.3 Å². The van der Waals surface area contributed by atoms with E-state index in [0.717, 1.165) is 6.20 Å². The third kappa shape index (κ3) is 3.04. The molecule has 0 unspecified atom stereocenters. The van der Waals surface area contributed by atoms with Crippen molar-refractivity contribution in [3.63, 3.8) is 0 Å². The molecule has 2 N–H and O–H groups in total. The first-order chi connectivity index (χ1) is 9.49. The molecule has 2 heterocycles. The molecular weight excluding hydrogens is 263 g/mol. The molecule has 1 aliphatic rings. The number of carbonyl (C=O) groups excluding carboxylic acids is 2. The zero-order chi connectivity index (χ0) is 14.7. The number of carbonyl (C=O) groups is 2. The van der Waals surface area contributed by atoms with Crippen molar-refractivity contribution in [2.45, 2.75) is 32.4 Å². The predicted octanol–water partition coefficient (Wildman–Crippen LogP) is 1.35. The summed E-state index contributed by atoms with van der Waals surface area (Å²) in [5.41, 5.74) is 0.0312. The molecule has 0 spiro atoms. The van der Waals surface area contributed by atoms with Crippen molar-refractivity contribution in [3.05, 3.63) is 24.3 Å². The molecule has 0 saturated carbocycles. The molecule has 108 valence electrons. The number of aromatic nitrogens is 1. The fourth-order valence-corrected chi connectivity index (χ4v) is 2.14. The zero-order valence-corrected chi connectivity index (χ0v) is 11.4. The first-order valence-electron chi connectivity index (χ1n) is 6.46. The lowest BCUT2D eigenvalue weighted by atomic mass is 10.2. The molecule has 6 nitrogen and oxygen atoms in total. The highest BCUT2D eigenvalue weighted by Gasteiger charge is 2.33. The van der Waals surface area contributed by atoms with Gasteiger partial charge in [0.25, 0.3) is 0 Å². The highest BCUT2D eigenvalue weighted by atomic mass is 19.1. The van der Waals surface area contributed by atoms with E-state index < -0.39 is 17.9 Å². The minimum Gasteiger partial charge on any atom is -0.338 e. The van der Waals surface area contributed by atoms with E-state index in [4.69, 9.17) is 0 Å². The van der Waals surface area contributed by atoms with E-state index in [-0.39, 0.29) is 17.6 Å². The number of pyridine rings is 1. The number of anilines is 1. The smallest absolute Gasteiger partial charge is 0.319 e. The molecule has 0 bridgehead atoms. The van der Waals surface area contributed by atoms with Crippen LogP contribution < -0.4 is 10.6 Å². The van der Waals surface area contributed by atoms with Crippen LogP contribution in [0.5, 0.6) is 0 Å². The summed E-state index contributed by atoms with van der Waals surface area (Å²) in [6.07, 6.45) is 2.94. The van der Waals surface area contributed by atoms with Gasteiger partial charge in [0.1, 0.15) is 6.04 Å². The molecule has 1 saturated heterocycles. The first-order valence-corrected chi connectivity index (χ1v) is 6.46. The van der Waals surface area contributed by atoms with Crippen LogP contribution in [0.25, 0.3) is 0 Å². The van der Waals surface area contributed by atoms with E-state index in [1.54, 1.807) is 4.90 Å². The molecular formula is C13H17FN4O2. The highest BCUT2D eigenvalue weighted by Crippen LogP contribution is 2.15. The summed E-state index contributed by atoms with van der Waals surface area (Å²) in [5.74, 6) is -0.727. The Morgan fingerprint density at radius 3 is 2.90 bits per heavy atom. The largest absolute Gasteiger partial charge is 0.338 e. The summed E-state index contributed by atoms with van der Waals surface area (Å²) in [6, 6.07) is 0.308. The van der Waals surface area contributed by atoms with Crippen molar-refractivity contribution < 1.29 is 14.0 Å². The number of rotatable bonds is 3. The second-order valence-electron chi connectivity index (χ2n) is 4.92. The molecule has 1 fully saturated rings. The van der Waals surface area contributed by atoms with Crippen molar-refractivity contribution in [1.29, 1.82) is 0 Å². The van der Waals surface area contributed by atoms with E-state index >= 15 is 0 Å². The molecule has 2 rings (SSSR count). The third-order valence-corrected chi connectivity index (χ3v) is 3.19. The SMILES string of the molecule is CC(C)N1CC[C@@H](NC(=O)Nc2ccncc2F)C1=O. The summed E-state index contributed by atoms with van der Waals surface area (Å²) in [7, 11) is 0. The molecule has 7 heteroatoms. The van der Waals surface area contributed by atoms with Gasteiger partial charge in [-0.2, -0.15) is 0 Å². The predicted molar refractivity (Wildman–Crippen MR) is 71.6 cm³/mol. The maximum absolute atomic E-state index is 13.3. The third-order valence-electron chi connectivity index (χ3n) is 3.19. The Balaban J connectivity index is 1.93. The van der Waals surface area contributed by atoms with E-state index in [9.17, 15) is 14.0 Å². The second-order valence-corrected chi connectivity index (χ2v) is 4.92. The van der Waals surface area contributed by atoms with Crippen LogP contribution in [-0.4, -0.2) is 40.5 Å². The summed E-state index contributed by atoms with van der Waals surface area (Å²) in [6.45, 7) is 4.46. The Hall–Kier alpha value is -2.18. The number of nitrogens with zero attached hydrogens (tertiary/aromatic N) is 2. The normalized spacial score (nSPS) is 18.5. The minimum atomic E-state index is -0.621. The van der Waals surface area contributed by atoms with Crippen molar-refractivity contribution in [2.75, 3.05) is 11.9 Å². The van der Waals surface area contributed by atoms with E-state index in [2.05, 4.69) is 15.6 Å². The number of nitrogens with one attached hydrogen (secondary N) is 2. The van der Waals surface area contributed by atoms with Gasteiger partial charge in [0.15, 0.2) is 5.82 Å². The van der Waals surface area contributed by atoms with Crippen LogP contribution in [0.1, 0.15) is 20.3 Å². The van der Waals surface area contributed by atoms with Crippen LogP contribution in [-0.2, 0) is 4.79 Å². The van der Waals surface area contributed by atoms with Crippen LogP contribution in [0.3, 0.4) is 0 Å². The molecule has 20 heavy (non-hydrogen) atoms. The van der Waals surface area contributed by atoms with Gasteiger partial charge in [-0.25, -0.2) is 9.18 Å². The molecule has 1 aromatic heterocycles. The van der Waals surface area contributed by atoms with Crippen LogP contribution in [0.4, 0.5) is 14.9 Å². The summed E-state index contributed by atoms with van der Waals surface area (Å²) >= 11 is 0. The lowest BCUT2D eigenvalue weighted by Gasteiger charge is -2.21. The van der Waals surface area contributed by atoms with E-state index in [0.29, 0.717) is 13.0 Å². The fraction of sp³-hybridized carbons (Fsp3) is 0.462. The van der Waals surface area contributed by atoms with Gasteiger partial charge in [-0.1, -0.05) is 0 Å². The lowest BCUT2D eigenvalue weighted by molar-refractivity contribution is -0.130. The number of hydrogen-bond donors (Lipinski definition) is 2. The quantitative estimate of drug-likeness (QED) is 0.877. The Kier molecular flexibility index (Phi) is 4.16. The van der Waals surface area contributed by atoms with Gasteiger partial charge in [-0.3, -0.25) is 9.78 Å². The zero-order valence-electron chi connectivity index (χ0n) is 11.4. The number of hydrogen-bond acceptors (Lipinski definition) is 3. The maximum atomic E-state index is 13.3. The monoisotopic (exact) mass is 280 g/mol. The fourth-order valence-electron chi connectivity index (χ4n) is 2.14. The summed E-state index contributed by atoms with van der Waals surface area (Å²) in [4.78, 5) is 29.1. The minimum absolute atomic E-state index is 0.0312. The van der Waals surface area contributed by atoms with Gasteiger partial charge >= 0.3 is 6.03 Å². The average Bonchev–Trinajstić information content (AvgIpc) is 2.74. The number of amides is 3. The first kappa shape index (κ1) is 14.2. The number of urea groups is 1. The summed E-state index contributed by atoms with van der Waals surface area (Å²) < 4.78 is 13.3. The van der Waals surface area contributed by atoms with E-state index in [1.807, 2.05) is 13.8 Å². The number of likely N-dealkylation sites (tertiary alicyclic amines) is 1. The van der Waals surface area contributed by atoms with E-state index in [1.165, 1.54) is 12.3 Å². The average molecular weight is 280 g/mol. The Bertz CT molecular complexity index is 521. The van der Waals surface area contributed by atoms with Gasteiger partial charge < -0.3 is 15.5 Å². The molecule has 1 aliphatic heterocycles. The van der Waals surface area contributed by atoms with Gasteiger partial charge in [0, 0.05) is 18.8 Å². The number of halogens is 1. The van der Waals surface area contributed by atoms with Gasteiger partial charge in [0.2, 0.25) is 5.91 Å². The molecule has 0 radical (unpaired) electrons. The van der Waals surface area contributed by atoms with Crippen molar-refractivity contribution in [2.24, 2.45) is 0 Å². The summed E-state index contributed by atoms with van der Waals surface area (Å²) in [5, 5.41) is 4.93. The Morgan fingerprint density at radius 1 is 1.55 bits per heavy atom. The Morgan fingerprint density at radius 2 is 2.30 bits per heavy atom. The van der Waals surface area contributed by atoms with Gasteiger partial charge in [0.05, 0.1) is 11.9 Å². The van der Waals surface area contributed by atoms with Crippen molar-refractivity contribution in [3.8, 4) is 0 Å².